The molecule has 0 spiro atoms. The first kappa shape index (κ1) is 20.3. The van der Waals surface area contributed by atoms with Gasteiger partial charge in [-0.15, -0.1) is 0 Å². The van der Waals surface area contributed by atoms with Gasteiger partial charge in [-0.3, -0.25) is 9.78 Å². The summed E-state index contributed by atoms with van der Waals surface area (Å²) in [4.78, 5) is 17.0. The van der Waals surface area contributed by atoms with E-state index >= 15 is 0 Å². The van der Waals surface area contributed by atoms with E-state index in [0.29, 0.717) is 21.6 Å². The summed E-state index contributed by atoms with van der Waals surface area (Å²) in [6, 6.07) is 14.1. The number of para-hydroxylation sites is 1. The van der Waals surface area contributed by atoms with Gasteiger partial charge >= 0.3 is 0 Å². The highest BCUT2D eigenvalue weighted by atomic mass is 35.5. The fraction of sp³-hybridized carbons (Fsp3) is 0.200. The predicted molar refractivity (Wildman–Crippen MR) is 111 cm³/mol. The zero-order chi connectivity index (χ0) is 20.3. The van der Waals surface area contributed by atoms with Crippen LogP contribution in [0, 0.1) is 5.92 Å². The van der Waals surface area contributed by atoms with Crippen molar-refractivity contribution in [3.8, 4) is 0 Å². The molecular weight excluding hydrogens is 398 g/mol. The molecule has 0 bridgehead atoms. The molecular formula is C20H20ClN3O3S. The number of rotatable bonds is 6. The van der Waals surface area contributed by atoms with Crippen LogP contribution in [0.2, 0.25) is 5.02 Å². The molecule has 0 unspecified atom stereocenters. The number of pyridine rings is 1. The van der Waals surface area contributed by atoms with Gasteiger partial charge in [0.1, 0.15) is 10.9 Å². The number of nitrogens with one attached hydrogen (secondary N) is 2. The Balaban J connectivity index is 1.88. The zero-order valence-electron chi connectivity index (χ0n) is 15.4. The minimum absolute atomic E-state index is 0.0375. The topological polar surface area (TPSA) is 88.2 Å². The number of fused-ring (bicyclic) bond motifs is 1. The first-order chi connectivity index (χ1) is 13.3. The Hall–Kier alpha value is -2.48. The summed E-state index contributed by atoms with van der Waals surface area (Å²) in [7, 11) is -3.97. The monoisotopic (exact) mass is 417 g/mol. The van der Waals surface area contributed by atoms with Gasteiger partial charge in [-0.2, -0.15) is 4.72 Å². The van der Waals surface area contributed by atoms with Crippen LogP contribution in [0.15, 0.2) is 65.7 Å². The van der Waals surface area contributed by atoms with E-state index in [1.165, 1.54) is 12.3 Å². The number of carbonyl (C=O) groups excluding carboxylic acids is 1. The second-order valence-corrected chi connectivity index (χ2v) is 8.79. The number of nitrogens with zero attached hydrogens (tertiary/aromatic N) is 1. The third-order valence-corrected chi connectivity index (χ3v) is 5.95. The summed E-state index contributed by atoms with van der Waals surface area (Å²) < 4.78 is 28.6. The molecule has 2 N–H and O–H groups in total. The Bertz CT molecular complexity index is 1090. The quantitative estimate of drug-likeness (QED) is 0.638. The van der Waals surface area contributed by atoms with Crippen molar-refractivity contribution in [2.45, 2.75) is 24.8 Å². The van der Waals surface area contributed by atoms with Crippen molar-refractivity contribution < 1.29 is 13.2 Å². The number of aromatic nitrogens is 1. The minimum Gasteiger partial charge on any atom is -0.325 e. The van der Waals surface area contributed by atoms with Crippen molar-refractivity contribution in [2.75, 3.05) is 5.32 Å². The van der Waals surface area contributed by atoms with Crippen molar-refractivity contribution in [2.24, 2.45) is 5.92 Å². The summed E-state index contributed by atoms with van der Waals surface area (Å²) in [5.74, 6) is -0.723. The van der Waals surface area contributed by atoms with Gasteiger partial charge in [-0.25, -0.2) is 8.42 Å². The first-order valence-electron chi connectivity index (χ1n) is 8.70. The van der Waals surface area contributed by atoms with Gasteiger partial charge < -0.3 is 5.32 Å². The lowest BCUT2D eigenvalue weighted by Crippen LogP contribution is -2.47. The standard InChI is InChI=1S/C20H20ClN3O3S/c1-13(2)18(20(25)23-16-10-8-15(21)9-11-16)24-28(26,27)17-7-3-5-14-6-4-12-22-19(14)17/h3-13,18,24H,1-2H3,(H,23,25)/t18-/m1/s1. The number of sulfonamides is 1. The molecule has 1 atom stereocenters. The Kier molecular flexibility index (Phi) is 5.98. The molecule has 1 aromatic heterocycles. The van der Waals surface area contributed by atoms with Crippen LogP contribution in [-0.2, 0) is 14.8 Å². The average Bonchev–Trinajstić information content (AvgIpc) is 2.67. The Morgan fingerprint density at radius 3 is 2.39 bits per heavy atom. The molecule has 2 aromatic carbocycles. The van der Waals surface area contributed by atoms with Gasteiger partial charge in [0, 0.05) is 22.3 Å². The third kappa shape index (κ3) is 4.49. The highest BCUT2D eigenvalue weighted by Crippen LogP contribution is 2.22. The lowest BCUT2D eigenvalue weighted by molar-refractivity contribution is -0.118. The Labute approximate surface area is 169 Å². The van der Waals surface area contributed by atoms with Crippen LogP contribution in [0.25, 0.3) is 10.9 Å². The van der Waals surface area contributed by atoms with Crippen LogP contribution in [0.3, 0.4) is 0 Å². The molecule has 8 heteroatoms. The minimum atomic E-state index is -3.97. The fourth-order valence-corrected chi connectivity index (χ4v) is 4.42. The smallest absolute Gasteiger partial charge is 0.243 e. The molecule has 0 aliphatic heterocycles. The van der Waals surface area contributed by atoms with Gasteiger partial charge in [0.15, 0.2) is 0 Å². The van der Waals surface area contributed by atoms with Crippen molar-refractivity contribution in [3.05, 3.63) is 65.8 Å². The number of carbonyl (C=O) groups is 1. The van der Waals surface area contributed by atoms with E-state index < -0.39 is 22.0 Å². The van der Waals surface area contributed by atoms with E-state index in [1.807, 2.05) is 0 Å². The molecule has 3 aromatic rings. The molecule has 0 aliphatic carbocycles. The normalized spacial score (nSPS) is 12.9. The summed E-state index contributed by atoms with van der Waals surface area (Å²) in [6.45, 7) is 3.55. The SMILES string of the molecule is CC(C)[C@@H](NS(=O)(=O)c1cccc2cccnc12)C(=O)Nc1ccc(Cl)cc1. The number of amides is 1. The van der Waals surface area contributed by atoms with Crippen LogP contribution in [-0.4, -0.2) is 25.4 Å². The first-order valence-corrected chi connectivity index (χ1v) is 10.6. The molecule has 1 heterocycles. The highest BCUT2D eigenvalue weighted by Gasteiger charge is 2.29. The number of anilines is 1. The van der Waals surface area contributed by atoms with E-state index in [9.17, 15) is 13.2 Å². The molecule has 1 amide bonds. The second kappa shape index (κ2) is 8.26. The predicted octanol–water partition coefficient (Wildman–Crippen LogP) is 3.83. The highest BCUT2D eigenvalue weighted by molar-refractivity contribution is 7.89. The summed E-state index contributed by atoms with van der Waals surface area (Å²) in [6.07, 6.45) is 1.54. The van der Waals surface area contributed by atoms with Gasteiger partial charge in [0.25, 0.3) is 0 Å². The molecule has 0 saturated carbocycles. The van der Waals surface area contributed by atoms with Crippen LogP contribution >= 0.6 is 11.6 Å². The Morgan fingerprint density at radius 2 is 1.71 bits per heavy atom. The summed E-state index contributed by atoms with van der Waals surface area (Å²) in [5, 5.41) is 3.97. The van der Waals surface area contributed by atoms with Crippen molar-refractivity contribution in [3.63, 3.8) is 0 Å². The lowest BCUT2D eigenvalue weighted by Gasteiger charge is -2.22. The summed E-state index contributed by atoms with van der Waals surface area (Å²) >= 11 is 5.85. The van der Waals surface area contributed by atoms with Gasteiger partial charge in [-0.1, -0.05) is 43.6 Å². The molecule has 0 aliphatic rings. The van der Waals surface area contributed by atoms with E-state index in [0.717, 1.165) is 0 Å². The van der Waals surface area contributed by atoms with E-state index in [4.69, 9.17) is 11.6 Å². The average molecular weight is 418 g/mol. The molecule has 3 rings (SSSR count). The summed E-state index contributed by atoms with van der Waals surface area (Å²) in [5.41, 5.74) is 0.893. The van der Waals surface area contributed by atoms with Crippen molar-refractivity contribution in [1.82, 2.24) is 9.71 Å². The number of benzene rings is 2. The van der Waals surface area contributed by atoms with Crippen molar-refractivity contribution >= 4 is 44.1 Å². The maximum atomic E-state index is 13.0. The Morgan fingerprint density at radius 1 is 1.04 bits per heavy atom. The molecule has 0 fully saturated rings. The maximum absolute atomic E-state index is 13.0. The van der Waals surface area contributed by atoms with E-state index in [2.05, 4.69) is 15.0 Å². The molecule has 0 saturated heterocycles. The maximum Gasteiger partial charge on any atom is 0.243 e. The van der Waals surface area contributed by atoms with Gasteiger partial charge in [0.05, 0.1) is 5.52 Å². The largest absolute Gasteiger partial charge is 0.325 e. The van der Waals surface area contributed by atoms with Crippen LogP contribution in [0.4, 0.5) is 5.69 Å². The molecule has 6 nitrogen and oxygen atoms in total. The number of hydrogen-bond acceptors (Lipinski definition) is 4. The zero-order valence-corrected chi connectivity index (χ0v) is 17.0. The molecule has 146 valence electrons. The van der Waals surface area contributed by atoms with Crippen LogP contribution < -0.4 is 10.0 Å². The van der Waals surface area contributed by atoms with E-state index in [-0.39, 0.29) is 10.8 Å². The van der Waals surface area contributed by atoms with Crippen molar-refractivity contribution in [1.29, 1.82) is 0 Å². The van der Waals surface area contributed by atoms with Gasteiger partial charge in [0.2, 0.25) is 15.9 Å². The number of halogens is 1. The van der Waals surface area contributed by atoms with Crippen LogP contribution in [0.1, 0.15) is 13.8 Å². The third-order valence-electron chi connectivity index (χ3n) is 4.23. The second-order valence-electron chi connectivity index (χ2n) is 6.67. The molecule has 28 heavy (non-hydrogen) atoms. The lowest BCUT2D eigenvalue weighted by atomic mass is 10.0. The van der Waals surface area contributed by atoms with Crippen LogP contribution in [0.5, 0.6) is 0 Å². The van der Waals surface area contributed by atoms with Gasteiger partial charge in [-0.05, 0) is 42.3 Å². The number of hydrogen-bond donors (Lipinski definition) is 2. The fourth-order valence-electron chi connectivity index (χ4n) is 2.77. The molecule has 0 radical (unpaired) electrons. The van der Waals surface area contributed by atoms with E-state index in [1.54, 1.807) is 62.4 Å².